The Balaban J connectivity index is 0.000000165. The number of morpholine rings is 1. The Morgan fingerprint density at radius 1 is 0.506 bits per heavy atom. The van der Waals surface area contributed by atoms with Gasteiger partial charge in [0.25, 0.3) is 17.7 Å². The van der Waals surface area contributed by atoms with E-state index < -0.39 is 18.2 Å². The van der Waals surface area contributed by atoms with Gasteiger partial charge < -0.3 is 34.0 Å². The number of fused-ring (bicyclic) bond motifs is 4. The Labute approximate surface area is 476 Å². The lowest BCUT2D eigenvalue weighted by molar-refractivity contribution is 0.0303. The van der Waals surface area contributed by atoms with Crippen molar-refractivity contribution in [2.75, 3.05) is 26.3 Å². The minimum Gasteiger partial charge on any atom is -0.478 e. The highest BCUT2D eigenvalue weighted by Crippen LogP contribution is 2.46. The topological polar surface area (TPSA) is 152 Å². The van der Waals surface area contributed by atoms with E-state index in [0.29, 0.717) is 76.1 Å². The van der Waals surface area contributed by atoms with Crippen LogP contribution in [0.5, 0.6) is 11.5 Å². The number of pyridine rings is 2. The molecular formula is C68H53F2N5O8. The van der Waals surface area contributed by atoms with Gasteiger partial charge in [0.2, 0.25) is 0 Å². The second-order valence-corrected chi connectivity index (χ2v) is 20.3. The maximum absolute atomic E-state index is 14.3. The number of carbonyl (C=O) groups is 4. The minimum atomic E-state index is -1.14. The van der Waals surface area contributed by atoms with Crippen LogP contribution in [0.1, 0.15) is 98.1 Å². The van der Waals surface area contributed by atoms with Gasteiger partial charge in [-0.1, -0.05) is 158 Å². The average Bonchev–Trinajstić information content (AvgIpc) is 3.85. The summed E-state index contributed by atoms with van der Waals surface area (Å²) < 4.78 is 46.3. The van der Waals surface area contributed by atoms with Gasteiger partial charge in [0.1, 0.15) is 34.9 Å². The van der Waals surface area contributed by atoms with Gasteiger partial charge in [-0.25, -0.2) is 13.6 Å². The van der Waals surface area contributed by atoms with Crippen molar-refractivity contribution in [3.8, 4) is 11.5 Å². The van der Waals surface area contributed by atoms with Crippen molar-refractivity contribution in [1.29, 1.82) is 0 Å². The molecular weight excluding hydrogens is 1050 g/mol. The van der Waals surface area contributed by atoms with Crippen molar-refractivity contribution < 1.29 is 47.3 Å². The molecule has 1 fully saturated rings. The number of nitrogens with zero attached hydrogens (tertiary/aromatic N) is 5. The first-order valence-electron chi connectivity index (χ1n) is 27.2. The Hall–Kier alpha value is -10.1. The van der Waals surface area contributed by atoms with Crippen molar-refractivity contribution in [1.82, 2.24) is 24.7 Å². The van der Waals surface area contributed by atoms with Crippen LogP contribution in [0, 0.1) is 11.6 Å². The summed E-state index contributed by atoms with van der Waals surface area (Å²) in [4.78, 5) is 69.2. The first-order chi connectivity index (χ1) is 40.6. The summed E-state index contributed by atoms with van der Waals surface area (Å²) in [5.41, 5.74) is 7.87. The molecule has 1 N–H and O–H groups in total. The van der Waals surface area contributed by atoms with Crippen LogP contribution < -0.4 is 9.47 Å². The molecule has 5 heterocycles. The van der Waals surface area contributed by atoms with E-state index in [1.54, 1.807) is 69.6 Å². The molecule has 83 heavy (non-hydrogen) atoms. The third-order valence-corrected chi connectivity index (χ3v) is 15.1. The fraction of sp³-hybridized carbons (Fsp3) is 0.147. The summed E-state index contributed by atoms with van der Waals surface area (Å²) >= 11 is 0. The van der Waals surface area contributed by atoms with Crippen LogP contribution in [0.25, 0.3) is 21.8 Å². The van der Waals surface area contributed by atoms with Gasteiger partial charge >= 0.3 is 5.97 Å². The van der Waals surface area contributed by atoms with E-state index in [0.717, 1.165) is 33.4 Å². The fourth-order valence-corrected chi connectivity index (χ4v) is 11.2. The van der Waals surface area contributed by atoms with E-state index >= 15 is 0 Å². The number of ether oxygens (including phenoxy) is 3. The van der Waals surface area contributed by atoms with Crippen LogP contribution in [0.4, 0.5) is 8.78 Å². The Morgan fingerprint density at radius 3 is 1.27 bits per heavy atom. The molecule has 3 amide bonds. The third-order valence-electron chi connectivity index (χ3n) is 15.1. The zero-order valence-corrected chi connectivity index (χ0v) is 44.7. The van der Waals surface area contributed by atoms with Crippen molar-refractivity contribution in [2.45, 2.75) is 38.4 Å². The molecule has 13 rings (SSSR count). The smallest absolute Gasteiger partial charge is 0.336 e. The standard InChI is InChI=1S/C36H30FN3O4.C32H23FN2O4/c37-27-15-13-24(14-16-27)22-40-23-29-30(35(41)39-18-20-43-21-19-39)28-12-7-17-38-32(28)34(31(29)36(40)42)44-33(25-8-3-1-4-9-25)26-10-5-2-6-11-26;33-23-15-13-20(14-16-23)18-35-19-25-26(32(37)38)24-12-7-17-34-28(24)30(27(25)31(35)36)39-29(21-8-3-1-4-9-21)22-10-5-2-6-11-22/h1-17,33H,18-23H2;1-17,29H,18-19H2,(H,37,38). The van der Waals surface area contributed by atoms with Gasteiger partial charge in [-0.3, -0.25) is 24.4 Å². The number of aromatic nitrogens is 2. The lowest BCUT2D eigenvalue weighted by atomic mass is 9.94. The Kier molecular flexibility index (Phi) is 15.2. The highest BCUT2D eigenvalue weighted by Gasteiger charge is 2.41. The normalized spacial score (nSPS) is 13.8. The van der Waals surface area contributed by atoms with E-state index in [-0.39, 0.29) is 72.4 Å². The molecule has 1 saturated heterocycles. The summed E-state index contributed by atoms with van der Waals surface area (Å²) in [5.74, 6) is -2.05. The highest BCUT2D eigenvalue weighted by atomic mass is 19.1. The predicted molar refractivity (Wildman–Crippen MR) is 308 cm³/mol. The number of hydrogen-bond acceptors (Lipinski definition) is 9. The predicted octanol–water partition coefficient (Wildman–Crippen LogP) is 12.6. The molecule has 3 aliphatic rings. The third kappa shape index (κ3) is 10.8. The Bertz CT molecular complexity index is 3960. The SMILES string of the molecule is O=C(O)c1c2c(c(OC(c3ccccc3)c3ccccc3)c3ncccc13)C(=O)N(Cc1ccc(F)cc1)C2.O=C1c2c(c(C(=O)N3CCOCC3)c3cccnc3c2OC(c2ccccc2)c2ccccc2)CN1Cc1ccc(F)cc1. The van der Waals surface area contributed by atoms with Crippen LogP contribution >= 0.6 is 0 Å². The van der Waals surface area contributed by atoms with Crippen LogP contribution in [0.2, 0.25) is 0 Å². The van der Waals surface area contributed by atoms with Gasteiger partial charge in [0, 0.05) is 73.6 Å². The molecule has 0 bridgehead atoms. The number of benzene rings is 8. The van der Waals surface area contributed by atoms with Gasteiger partial charge in [-0.05, 0) is 69.8 Å². The molecule has 0 unspecified atom stereocenters. The zero-order chi connectivity index (χ0) is 57.0. The maximum atomic E-state index is 14.3. The summed E-state index contributed by atoms with van der Waals surface area (Å²) in [7, 11) is 0. The molecule has 10 aromatic rings. The molecule has 0 radical (unpaired) electrons. The fourth-order valence-electron chi connectivity index (χ4n) is 11.2. The number of aromatic carboxylic acids is 1. The molecule has 0 spiro atoms. The van der Waals surface area contributed by atoms with E-state index in [1.165, 1.54) is 24.3 Å². The second-order valence-electron chi connectivity index (χ2n) is 20.3. The number of hydrogen-bond donors (Lipinski definition) is 1. The minimum absolute atomic E-state index is 0.0337. The number of rotatable bonds is 14. The molecule has 0 atom stereocenters. The quantitative estimate of drug-likeness (QED) is 0.111. The average molecular weight is 1110 g/mol. The zero-order valence-electron chi connectivity index (χ0n) is 44.7. The van der Waals surface area contributed by atoms with Crippen molar-refractivity contribution >= 4 is 45.5 Å². The van der Waals surface area contributed by atoms with Crippen LogP contribution in [0.15, 0.2) is 207 Å². The maximum Gasteiger partial charge on any atom is 0.336 e. The summed E-state index contributed by atoms with van der Waals surface area (Å²) in [6, 6.07) is 58.0. The first kappa shape index (κ1) is 53.5. The molecule has 0 saturated carbocycles. The lowest BCUT2D eigenvalue weighted by Crippen LogP contribution is -2.41. The molecule has 0 aliphatic carbocycles. The molecule has 3 aliphatic heterocycles. The summed E-state index contributed by atoms with van der Waals surface area (Å²) in [6.45, 7) is 2.57. The second kappa shape index (κ2) is 23.5. The lowest BCUT2D eigenvalue weighted by Gasteiger charge is -2.28. The monoisotopic (exact) mass is 1110 g/mol. The molecule has 2 aromatic heterocycles. The van der Waals surface area contributed by atoms with Gasteiger partial charge in [0.15, 0.2) is 11.5 Å². The molecule has 412 valence electrons. The van der Waals surface area contributed by atoms with Crippen molar-refractivity contribution in [2.24, 2.45) is 0 Å². The van der Waals surface area contributed by atoms with Crippen molar-refractivity contribution in [3.05, 3.63) is 285 Å². The summed E-state index contributed by atoms with van der Waals surface area (Å²) in [5, 5.41) is 11.3. The van der Waals surface area contributed by atoms with Gasteiger partial charge in [-0.2, -0.15) is 0 Å². The molecule has 15 heteroatoms. The molecule has 13 nitrogen and oxygen atoms in total. The van der Waals surface area contributed by atoms with Gasteiger partial charge in [0.05, 0.1) is 35.5 Å². The number of carboxylic acids is 1. The highest BCUT2D eigenvalue weighted by molar-refractivity contribution is 6.16. The number of halogens is 2. The van der Waals surface area contributed by atoms with E-state index in [9.17, 15) is 33.1 Å². The van der Waals surface area contributed by atoms with E-state index in [2.05, 4.69) is 4.98 Å². The van der Waals surface area contributed by atoms with E-state index in [1.807, 2.05) is 127 Å². The van der Waals surface area contributed by atoms with Gasteiger partial charge in [-0.15, -0.1) is 0 Å². The largest absolute Gasteiger partial charge is 0.478 e. The number of amides is 3. The van der Waals surface area contributed by atoms with Crippen LogP contribution in [-0.4, -0.2) is 79.8 Å². The Morgan fingerprint density at radius 2 is 0.880 bits per heavy atom. The van der Waals surface area contributed by atoms with Crippen molar-refractivity contribution in [3.63, 3.8) is 0 Å². The van der Waals surface area contributed by atoms with E-state index in [4.69, 9.17) is 19.2 Å². The number of carbonyl (C=O) groups excluding carboxylic acids is 3. The van der Waals surface area contributed by atoms with Crippen LogP contribution in [0.3, 0.4) is 0 Å². The first-order valence-corrected chi connectivity index (χ1v) is 27.2. The molecule has 8 aromatic carbocycles. The summed E-state index contributed by atoms with van der Waals surface area (Å²) in [6.07, 6.45) is 2.10. The van der Waals surface area contributed by atoms with Crippen LogP contribution in [-0.2, 0) is 30.9 Å². The number of carboxylic acid groups (broad SMARTS) is 1.